The SMILES string of the molecule is c1ccc(-c2nnc(CSc3nnc(-c4cccc5ccccc45)n3-c3ccccc3)o2)cc1. The first kappa shape index (κ1) is 20.4. The second kappa shape index (κ2) is 8.96. The number of aromatic nitrogens is 5. The zero-order valence-corrected chi connectivity index (χ0v) is 18.9. The molecule has 0 fully saturated rings. The van der Waals surface area contributed by atoms with Crippen molar-refractivity contribution in [3.8, 4) is 28.5 Å². The van der Waals surface area contributed by atoms with E-state index in [2.05, 4.69) is 67.4 Å². The topological polar surface area (TPSA) is 69.6 Å². The highest BCUT2D eigenvalue weighted by Crippen LogP contribution is 2.33. The molecule has 6 nitrogen and oxygen atoms in total. The van der Waals surface area contributed by atoms with Gasteiger partial charge in [-0.05, 0) is 35.0 Å². The van der Waals surface area contributed by atoms with E-state index in [-0.39, 0.29) is 0 Å². The third-order valence-electron chi connectivity index (χ3n) is 5.49. The van der Waals surface area contributed by atoms with Gasteiger partial charge in [-0.1, -0.05) is 90.6 Å². The lowest BCUT2D eigenvalue weighted by molar-refractivity contribution is 0.528. The Morgan fingerprint density at radius 3 is 2.26 bits per heavy atom. The Hall–Kier alpha value is -4.23. The molecule has 0 radical (unpaired) electrons. The van der Waals surface area contributed by atoms with E-state index in [1.54, 1.807) is 0 Å². The maximum absolute atomic E-state index is 5.89. The van der Waals surface area contributed by atoms with Crippen LogP contribution in [-0.2, 0) is 5.75 Å². The molecular formula is C27H19N5OS. The molecule has 0 amide bonds. The van der Waals surface area contributed by atoms with Crippen LogP contribution >= 0.6 is 11.8 Å². The predicted molar refractivity (Wildman–Crippen MR) is 134 cm³/mol. The summed E-state index contributed by atoms with van der Waals surface area (Å²) in [7, 11) is 0. The molecule has 34 heavy (non-hydrogen) atoms. The van der Waals surface area contributed by atoms with Crippen LogP contribution in [0.3, 0.4) is 0 Å². The lowest BCUT2D eigenvalue weighted by atomic mass is 10.0. The molecule has 2 aromatic heterocycles. The molecular weight excluding hydrogens is 442 g/mol. The first-order valence-electron chi connectivity index (χ1n) is 10.9. The van der Waals surface area contributed by atoms with Gasteiger partial charge in [-0.2, -0.15) is 0 Å². The van der Waals surface area contributed by atoms with Crippen molar-refractivity contribution in [2.45, 2.75) is 10.9 Å². The van der Waals surface area contributed by atoms with Gasteiger partial charge in [-0.3, -0.25) is 4.57 Å². The molecule has 0 aliphatic heterocycles. The standard InChI is InChI=1S/C27H19N5OS/c1-3-11-20(12-4-1)26-30-28-24(33-26)18-34-27-31-29-25(32(27)21-14-5-2-6-15-21)23-17-9-13-19-10-7-8-16-22(19)23/h1-17H,18H2. The number of nitrogens with zero attached hydrogens (tertiary/aromatic N) is 5. The van der Waals surface area contributed by atoms with Gasteiger partial charge in [0.05, 0.1) is 5.75 Å². The van der Waals surface area contributed by atoms with Gasteiger partial charge in [-0.15, -0.1) is 20.4 Å². The van der Waals surface area contributed by atoms with Crippen molar-refractivity contribution in [2.24, 2.45) is 0 Å². The molecule has 0 spiro atoms. The Morgan fingerprint density at radius 1 is 0.676 bits per heavy atom. The number of fused-ring (bicyclic) bond motifs is 1. The van der Waals surface area contributed by atoms with E-state index in [0.29, 0.717) is 17.5 Å². The van der Waals surface area contributed by atoms with Crippen molar-refractivity contribution in [3.05, 3.63) is 109 Å². The fraction of sp³-hybridized carbons (Fsp3) is 0.0370. The Labute approximate surface area is 200 Å². The first-order valence-corrected chi connectivity index (χ1v) is 11.8. The van der Waals surface area contributed by atoms with Gasteiger partial charge < -0.3 is 4.42 Å². The first-order chi connectivity index (χ1) is 16.9. The Balaban J connectivity index is 1.37. The fourth-order valence-electron chi connectivity index (χ4n) is 3.90. The predicted octanol–water partition coefficient (Wildman–Crippen LogP) is 6.43. The molecule has 0 saturated carbocycles. The Kier molecular flexibility index (Phi) is 5.37. The number of para-hydroxylation sites is 1. The monoisotopic (exact) mass is 461 g/mol. The van der Waals surface area contributed by atoms with Gasteiger partial charge in [0.1, 0.15) is 0 Å². The maximum atomic E-state index is 5.89. The van der Waals surface area contributed by atoms with Crippen molar-refractivity contribution in [2.75, 3.05) is 0 Å². The molecule has 0 aliphatic rings. The molecule has 6 aromatic rings. The summed E-state index contributed by atoms with van der Waals surface area (Å²) in [6, 6.07) is 34.5. The van der Waals surface area contributed by atoms with Gasteiger partial charge in [0, 0.05) is 16.8 Å². The second-order valence-electron chi connectivity index (χ2n) is 7.66. The largest absolute Gasteiger partial charge is 0.420 e. The molecule has 2 heterocycles. The average molecular weight is 462 g/mol. The number of hydrogen-bond acceptors (Lipinski definition) is 6. The number of thioether (sulfide) groups is 1. The summed E-state index contributed by atoms with van der Waals surface area (Å²) in [5, 5.41) is 20.6. The molecule has 0 bridgehead atoms. The van der Waals surface area contributed by atoms with Crippen LogP contribution < -0.4 is 0 Å². The number of hydrogen-bond donors (Lipinski definition) is 0. The van der Waals surface area contributed by atoms with Crippen molar-refractivity contribution >= 4 is 22.5 Å². The quantitative estimate of drug-likeness (QED) is 0.266. The summed E-state index contributed by atoms with van der Waals surface area (Å²) in [6.45, 7) is 0. The Bertz CT molecular complexity index is 1560. The minimum Gasteiger partial charge on any atom is -0.420 e. The van der Waals surface area contributed by atoms with E-state index in [0.717, 1.165) is 38.6 Å². The van der Waals surface area contributed by atoms with Gasteiger partial charge in [-0.25, -0.2) is 0 Å². The van der Waals surface area contributed by atoms with Crippen LogP contribution in [0.5, 0.6) is 0 Å². The zero-order valence-electron chi connectivity index (χ0n) is 18.1. The minimum absolute atomic E-state index is 0.486. The third-order valence-corrected chi connectivity index (χ3v) is 6.40. The van der Waals surface area contributed by atoms with Gasteiger partial charge >= 0.3 is 0 Å². The van der Waals surface area contributed by atoms with Crippen LogP contribution in [0.25, 0.3) is 39.3 Å². The van der Waals surface area contributed by atoms with E-state index in [1.165, 1.54) is 11.8 Å². The summed E-state index contributed by atoms with van der Waals surface area (Å²) < 4.78 is 7.97. The summed E-state index contributed by atoms with van der Waals surface area (Å²) in [4.78, 5) is 0. The Morgan fingerprint density at radius 2 is 1.41 bits per heavy atom. The summed E-state index contributed by atoms with van der Waals surface area (Å²) in [5.41, 5.74) is 2.93. The summed E-state index contributed by atoms with van der Waals surface area (Å²) in [5.74, 6) is 2.33. The highest BCUT2D eigenvalue weighted by atomic mass is 32.2. The van der Waals surface area contributed by atoms with Gasteiger partial charge in [0.25, 0.3) is 0 Å². The smallest absolute Gasteiger partial charge is 0.247 e. The van der Waals surface area contributed by atoms with Gasteiger partial charge in [0.2, 0.25) is 11.8 Å². The van der Waals surface area contributed by atoms with E-state index in [4.69, 9.17) is 4.42 Å². The summed E-state index contributed by atoms with van der Waals surface area (Å²) >= 11 is 1.52. The highest BCUT2D eigenvalue weighted by molar-refractivity contribution is 7.98. The lowest BCUT2D eigenvalue weighted by Crippen LogP contribution is -2.00. The molecule has 0 atom stereocenters. The number of rotatable bonds is 6. The zero-order chi connectivity index (χ0) is 22.7. The van der Waals surface area contributed by atoms with Crippen LogP contribution in [-0.4, -0.2) is 25.0 Å². The van der Waals surface area contributed by atoms with Crippen LogP contribution in [0.15, 0.2) is 113 Å². The third kappa shape index (κ3) is 3.86. The van der Waals surface area contributed by atoms with E-state index in [9.17, 15) is 0 Å². The molecule has 0 aliphatic carbocycles. The summed E-state index contributed by atoms with van der Waals surface area (Å²) in [6.07, 6.45) is 0. The van der Waals surface area contributed by atoms with Crippen molar-refractivity contribution in [1.29, 1.82) is 0 Å². The van der Waals surface area contributed by atoms with Crippen LogP contribution in [0, 0.1) is 0 Å². The molecule has 0 unspecified atom stereocenters. The normalized spacial score (nSPS) is 11.2. The lowest BCUT2D eigenvalue weighted by Gasteiger charge is -2.11. The molecule has 0 N–H and O–H groups in total. The van der Waals surface area contributed by atoms with Crippen molar-refractivity contribution in [3.63, 3.8) is 0 Å². The molecule has 0 saturated heterocycles. The minimum atomic E-state index is 0.486. The molecule has 6 rings (SSSR count). The van der Waals surface area contributed by atoms with E-state index in [1.807, 2.05) is 60.7 Å². The average Bonchev–Trinajstić information content (AvgIpc) is 3.55. The molecule has 164 valence electrons. The van der Waals surface area contributed by atoms with Crippen LogP contribution in [0.2, 0.25) is 0 Å². The number of benzene rings is 4. The van der Waals surface area contributed by atoms with Crippen LogP contribution in [0.1, 0.15) is 5.89 Å². The maximum Gasteiger partial charge on any atom is 0.247 e. The highest BCUT2D eigenvalue weighted by Gasteiger charge is 2.19. The van der Waals surface area contributed by atoms with Gasteiger partial charge in [0.15, 0.2) is 11.0 Å². The second-order valence-corrected chi connectivity index (χ2v) is 8.60. The molecule has 7 heteroatoms. The molecule has 4 aromatic carbocycles. The van der Waals surface area contributed by atoms with Crippen molar-refractivity contribution in [1.82, 2.24) is 25.0 Å². The fourth-order valence-corrected chi connectivity index (χ4v) is 4.69. The van der Waals surface area contributed by atoms with Crippen molar-refractivity contribution < 1.29 is 4.42 Å². The van der Waals surface area contributed by atoms with E-state index >= 15 is 0 Å². The van der Waals surface area contributed by atoms with Crippen LogP contribution in [0.4, 0.5) is 0 Å². The van der Waals surface area contributed by atoms with E-state index < -0.39 is 0 Å².